The molecule has 1 atom stereocenters. The van der Waals surface area contributed by atoms with Crippen LogP contribution in [0.4, 0.5) is 0 Å². The number of fused-ring (bicyclic) bond motifs is 1. The smallest absolute Gasteiger partial charge is 0.00749 e. The van der Waals surface area contributed by atoms with Gasteiger partial charge in [0.25, 0.3) is 0 Å². The zero-order valence-electron chi connectivity index (χ0n) is 10.6. The molecule has 0 radical (unpaired) electrons. The van der Waals surface area contributed by atoms with E-state index in [-0.39, 0.29) is 0 Å². The Balaban J connectivity index is 1.90. The highest BCUT2D eigenvalue weighted by molar-refractivity contribution is 7.99. The number of thiol groups is 1. The number of hydrogen-bond acceptors (Lipinski definition) is 2. The molecule has 0 aliphatic heterocycles. The van der Waals surface area contributed by atoms with Gasteiger partial charge >= 0.3 is 0 Å². The second-order valence-corrected chi connectivity index (χ2v) is 6.39. The third kappa shape index (κ3) is 3.69. The summed E-state index contributed by atoms with van der Waals surface area (Å²) in [5.74, 6) is 3.00. The molecule has 0 N–H and O–H groups in total. The Hall–Kier alpha value is -0.0800. The topological polar surface area (TPSA) is 0 Å². The summed E-state index contributed by atoms with van der Waals surface area (Å²) in [4.78, 5) is 1.45. The van der Waals surface area contributed by atoms with Crippen molar-refractivity contribution in [2.24, 2.45) is 5.92 Å². The molecule has 0 saturated carbocycles. The van der Waals surface area contributed by atoms with Gasteiger partial charge in [0.05, 0.1) is 0 Å². The van der Waals surface area contributed by atoms with Crippen LogP contribution in [-0.2, 0) is 12.8 Å². The number of thioether (sulfide) groups is 1. The van der Waals surface area contributed by atoms with Crippen molar-refractivity contribution in [3.05, 3.63) is 29.3 Å². The average molecular weight is 266 g/mol. The summed E-state index contributed by atoms with van der Waals surface area (Å²) >= 11 is 6.46. The van der Waals surface area contributed by atoms with Crippen LogP contribution in [0.15, 0.2) is 23.1 Å². The molecule has 0 heterocycles. The van der Waals surface area contributed by atoms with Crippen molar-refractivity contribution in [3.63, 3.8) is 0 Å². The Kier molecular flexibility index (Phi) is 5.30. The van der Waals surface area contributed by atoms with E-state index in [0.29, 0.717) is 0 Å². The highest BCUT2D eigenvalue weighted by Gasteiger charge is 2.12. The van der Waals surface area contributed by atoms with Crippen molar-refractivity contribution in [2.45, 2.75) is 43.9 Å². The van der Waals surface area contributed by atoms with Crippen molar-refractivity contribution in [2.75, 3.05) is 11.5 Å². The van der Waals surface area contributed by atoms with Crippen LogP contribution < -0.4 is 0 Å². The third-order valence-corrected chi connectivity index (χ3v) is 5.25. The van der Waals surface area contributed by atoms with Crippen molar-refractivity contribution in [1.29, 1.82) is 0 Å². The quantitative estimate of drug-likeness (QED) is 0.579. The Morgan fingerprint density at radius 1 is 1.29 bits per heavy atom. The van der Waals surface area contributed by atoms with Gasteiger partial charge in [-0.1, -0.05) is 19.4 Å². The van der Waals surface area contributed by atoms with Crippen LogP contribution in [0.2, 0.25) is 0 Å². The normalized spacial score (nSPS) is 15.9. The third-order valence-electron chi connectivity index (χ3n) is 3.51. The summed E-state index contributed by atoms with van der Waals surface area (Å²) < 4.78 is 0. The SMILES string of the molecule is CCCC(CS)CSc1ccc2c(c1)CCC2. The maximum Gasteiger partial charge on any atom is 0.00749 e. The second kappa shape index (κ2) is 6.75. The summed E-state index contributed by atoms with van der Waals surface area (Å²) in [6.07, 6.45) is 6.50. The van der Waals surface area contributed by atoms with Crippen LogP contribution in [-0.4, -0.2) is 11.5 Å². The maximum absolute atomic E-state index is 4.45. The number of benzene rings is 1. The highest BCUT2D eigenvalue weighted by atomic mass is 32.2. The fourth-order valence-electron chi connectivity index (χ4n) is 2.49. The molecular weight excluding hydrogens is 244 g/mol. The molecule has 1 aromatic rings. The van der Waals surface area contributed by atoms with Gasteiger partial charge in [-0.05, 0) is 60.6 Å². The van der Waals surface area contributed by atoms with Crippen LogP contribution in [0.25, 0.3) is 0 Å². The second-order valence-electron chi connectivity index (χ2n) is 4.93. The molecule has 94 valence electrons. The van der Waals surface area contributed by atoms with Crippen molar-refractivity contribution < 1.29 is 0 Å². The monoisotopic (exact) mass is 266 g/mol. The first-order valence-corrected chi connectivity index (χ1v) is 8.30. The standard InChI is InChI=1S/C15H22S2/c1-2-4-12(10-16)11-17-15-8-7-13-5-3-6-14(13)9-15/h7-9,12,16H,2-6,10-11H2,1H3. The molecule has 0 amide bonds. The Morgan fingerprint density at radius 3 is 2.88 bits per heavy atom. The minimum Gasteiger partial charge on any atom is -0.179 e. The Labute approximate surface area is 115 Å². The van der Waals surface area contributed by atoms with Gasteiger partial charge < -0.3 is 0 Å². The number of rotatable bonds is 6. The first-order valence-electron chi connectivity index (χ1n) is 6.69. The summed E-state index contributed by atoms with van der Waals surface area (Å²) in [7, 11) is 0. The molecule has 1 unspecified atom stereocenters. The fourth-order valence-corrected chi connectivity index (χ4v) is 4.08. The molecule has 0 aromatic heterocycles. The molecule has 2 heteroatoms. The van der Waals surface area contributed by atoms with Gasteiger partial charge in [0.2, 0.25) is 0 Å². The minimum atomic E-state index is 0.765. The van der Waals surface area contributed by atoms with Gasteiger partial charge in [0.15, 0.2) is 0 Å². The van der Waals surface area contributed by atoms with Gasteiger partial charge in [0.1, 0.15) is 0 Å². The van der Waals surface area contributed by atoms with E-state index in [1.54, 1.807) is 11.1 Å². The van der Waals surface area contributed by atoms with E-state index in [1.807, 2.05) is 11.8 Å². The average Bonchev–Trinajstić information content (AvgIpc) is 2.81. The summed E-state index contributed by atoms with van der Waals surface area (Å²) in [6, 6.07) is 7.05. The van der Waals surface area contributed by atoms with E-state index in [9.17, 15) is 0 Å². The zero-order chi connectivity index (χ0) is 12.1. The molecule has 0 nitrogen and oxygen atoms in total. The summed E-state index contributed by atoms with van der Waals surface area (Å²) in [5, 5.41) is 0. The van der Waals surface area contributed by atoms with Crippen LogP contribution in [0.1, 0.15) is 37.3 Å². The zero-order valence-corrected chi connectivity index (χ0v) is 12.3. The lowest BCUT2D eigenvalue weighted by Crippen LogP contribution is -2.05. The van der Waals surface area contributed by atoms with E-state index in [0.717, 1.165) is 11.7 Å². The largest absolute Gasteiger partial charge is 0.179 e. The van der Waals surface area contributed by atoms with Crippen LogP contribution in [0.5, 0.6) is 0 Å². The van der Waals surface area contributed by atoms with E-state index < -0.39 is 0 Å². The maximum atomic E-state index is 4.45. The molecule has 1 aliphatic rings. The Bertz CT molecular complexity index is 360. The molecule has 0 saturated heterocycles. The molecule has 1 aliphatic carbocycles. The predicted octanol–water partition coefficient (Wildman–Crippen LogP) is 4.61. The van der Waals surface area contributed by atoms with E-state index in [4.69, 9.17) is 0 Å². The molecule has 17 heavy (non-hydrogen) atoms. The first kappa shape index (κ1) is 13.4. The van der Waals surface area contributed by atoms with Crippen molar-refractivity contribution in [3.8, 4) is 0 Å². The van der Waals surface area contributed by atoms with Gasteiger partial charge in [0, 0.05) is 10.6 Å². The molecular formula is C15H22S2. The van der Waals surface area contributed by atoms with Crippen LogP contribution >= 0.6 is 24.4 Å². The molecule has 0 bridgehead atoms. The molecule has 2 rings (SSSR count). The number of aryl methyl sites for hydroxylation is 2. The highest BCUT2D eigenvalue weighted by Crippen LogP contribution is 2.29. The van der Waals surface area contributed by atoms with E-state index >= 15 is 0 Å². The molecule has 0 spiro atoms. The van der Waals surface area contributed by atoms with E-state index in [1.165, 1.54) is 42.8 Å². The summed E-state index contributed by atoms with van der Waals surface area (Å²) in [5.41, 5.74) is 3.17. The Morgan fingerprint density at radius 2 is 2.12 bits per heavy atom. The number of hydrogen-bond donors (Lipinski definition) is 1. The lowest BCUT2D eigenvalue weighted by atomic mass is 10.1. The van der Waals surface area contributed by atoms with Crippen LogP contribution in [0, 0.1) is 5.92 Å². The van der Waals surface area contributed by atoms with Gasteiger partial charge in [-0.25, -0.2) is 0 Å². The minimum absolute atomic E-state index is 0.765. The van der Waals surface area contributed by atoms with Crippen molar-refractivity contribution >= 4 is 24.4 Å². The van der Waals surface area contributed by atoms with Gasteiger partial charge in [-0.15, -0.1) is 11.8 Å². The molecule has 1 aromatic carbocycles. The molecule has 0 fully saturated rings. The van der Waals surface area contributed by atoms with E-state index in [2.05, 4.69) is 37.8 Å². The van der Waals surface area contributed by atoms with Gasteiger partial charge in [-0.3, -0.25) is 0 Å². The fraction of sp³-hybridized carbons (Fsp3) is 0.600. The van der Waals surface area contributed by atoms with Gasteiger partial charge in [-0.2, -0.15) is 12.6 Å². The van der Waals surface area contributed by atoms with Crippen LogP contribution in [0.3, 0.4) is 0 Å². The van der Waals surface area contributed by atoms with Crippen molar-refractivity contribution in [1.82, 2.24) is 0 Å². The lowest BCUT2D eigenvalue weighted by molar-refractivity contribution is 0.595. The predicted molar refractivity (Wildman–Crippen MR) is 81.4 cm³/mol. The first-order chi connectivity index (χ1) is 8.33. The lowest BCUT2D eigenvalue weighted by Gasteiger charge is -2.13. The summed E-state index contributed by atoms with van der Waals surface area (Å²) in [6.45, 7) is 2.26.